The molecular formula is C18H19N5O4. The highest BCUT2D eigenvalue weighted by Gasteiger charge is 2.18. The van der Waals surface area contributed by atoms with Crippen LogP contribution in [-0.2, 0) is 13.2 Å². The van der Waals surface area contributed by atoms with Crippen molar-refractivity contribution in [1.82, 2.24) is 25.6 Å². The molecule has 0 bridgehead atoms. The second-order valence-electron chi connectivity index (χ2n) is 5.82. The average Bonchev–Trinajstić information content (AvgIpc) is 3.10. The number of pyridine rings is 2. The Balaban J connectivity index is 1.73. The van der Waals surface area contributed by atoms with Gasteiger partial charge in [0.25, 0.3) is 5.91 Å². The maximum atomic E-state index is 11.9. The molecule has 0 unspecified atom stereocenters. The lowest BCUT2D eigenvalue weighted by Gasteiger charge is -2.11. The summed E-state index contributed by atoms with van der Waals surface area (Å²) in [5.74, 6) is 0.365. The van der Waals surface area contributed by atoms with Crippen LogP contribution in [0.2, 0.25) is 0 Å². The Morgan fingerprint density at radius 3 is 2.74 bits per heavy atom. The van der Waals surface area contributed by atoms with Crippen LogP contribution in [0.1, 0.15) is 21.7 Å². The number of rotatable bonds is 7. The van der Waals surface area contributed by atoms with Gasteiger partial charge in [-0.15, -0.1) is 0 Å². The second kappa shape index (κ2) is 8.39. The number of carbonyl (C=O) groups excluding carboxylic acids is 1. The van der Waals surface area contributed by atoms with E-state index in [1.165, 1.54) is 6.20 Å². The van der Waals surface area contributed by atoms with E-state index in [2.05, 4.69) is 20.6 Å². The van der Waals surface area contributed by atoms with Gasteiger partial charge in [0.2, 0.25) is 5.88 Å². The summed E-state index contributed by atoms with van der Waals surface area (Å²) in [6.07, 6.45) is 3.07. The van der Waals surface area contributed by atoms with E-state index in [1.807, 2.05) is 6.07 Å². The molecule has 0 saturated carbocycles. The molecule has 2 N–H and O–H groups in total. The maximum absolute atomic E-state index is 11.9. The summed E-state index contributed by atoms with van der Waals surface area (Å²) in [6, 6.07) is 8.63. The first kappa shape index (κ1) is 18.5. The van der Waals surface area contributed by atoms with Gasteiger partial charge in [-0.3, -0.25) is 15.2 Å². The lowest BCUT2D eigenvalue weighted by Crippen LogP contribution is -2.36. The van der Waals surface area contributed by atoms with Crippen LogP contribution >= 0.6 is 0 Å². The van der Waals surface area contributed by atoms with Crippen molar-refractivity contribution in [3.05, 3.63) is 59.6 Å². The number of hydrogen-bond acceptors (Lipinski definition) is 8. The maximum Gasteiger partial charge on any atom is 0.267 e. The first-order valence-electron chi connectivity index (χ1n) is 8.15. The van der Waals surface area contributed by atoms with Crippen molar-refractivity contribution in [2.75, 3.05) is 14.1 Å². The molecule has 0 aliphatic carbocycles. The molecule has 3 rings (SSSR count). The highest BCUT2D eigenvalue weighted by atomic mass is 16.5. The summed E-state index contributed by atoms with van der Waals surface area (Å²) in [4.78, 5) is 20.3. The van der Waals surface area contributed by atoms with Gasteiger partial charge in [-0.2, -0.15) is 0 Å². The quantitative estimate of drug-likeness (QED) is 0.601. The third-order valence-corrected chi connectivity index (χ3v) is 3.61. The summed E-state index contributed by atoms with van der Waals surface area (Å²) in [5, 5.41) is 15.0. The summed E-state index contributed by atoms with van der Waals surface area (Å²) in [6.45, 7) is -0.225. The van der Waals surface area contributed by atoms with Crippen molar-refractivity contribution in [2.24, 2.45) is 0 Å². The first-order valence-corrected chi connectivity index (χ1v) is 8.15. The Kier molecular flexibility index (Phi) is 5.74. The fraction of sp³-hybridized carbons (Fsp3) is 0.222. The molecular weight excluding hydrogens is 350 g/mol. The average molecular weight is 369 g/mol. The number of hydrazine groups is 1. The highest BCUT2D eigenvalue weighted by Crippen LogP contribution is 2.25. The molecule has 0 aliphatic heterocycles. The molecule has 0 atom stereocenters. The number of aliphatic hydroxyl groups excluding tert-OH is 1. The summed E-state index contributed by atoms with van der Waals surface area (Å²) in [5.41, 5.74) is 4.75. The lowest BCUT2D eigenvalue weighted by atomic mass is 10.1. The SMILES string of the molecule is CN(C)NC(=O)c1ccc(OCc2c(-c3ccccn3)noc2CO)nc1. The summed E-state index contributed by atoms with van der Waals surface area (Å²) < 4.78 is 10.9. The van der Waals surface area contributed by atoms with Gasteiger partial charge in [-0.25, -0.2) is 9.99 Å². The van der Waals surface area contributed by atoms with Crippen LogP contribution in [0.3, 0.4) is 0 Å². The number of aliphatic hydroxyl groups is 1. The zero-order chi connectivity index (χ0) is 19.2. The van der Waals surface area contributed by atoms with E-state index in [9.17, 15) is 9.90 Å². The molecule has 0 radical (unpaired) electrons. The molecule has 3 aromatic heterocycles. The van der Waals surface area contributed by atoms with Crippen LogP contribution in [0, 0.1) is 0 Å². The van der Waals surface area contributed by atoms with Crippen molar-refractivity contribution < 1.29 is 19.2 Å². The van der Waals surface area contributed by atoms with Crippen LogP contribution < -0.4 is 10.2 Å². The van der Waals surface area contributed by atoms with Crippen molar-refractivity contribution in [1.29, 1.82) is 0 Å². The van der Waals surface area contributed by atoms with Crippen LogP contribution in [0.5, 0.6) is 5.88 Å². The van der Waals surface area contributed by atoms with E-state index in [0.29, 0.717) is 34.2 Å². The molecule has 0 spiro atoms. The van der Waals surface area contributed by atoms with Gasteiger partial charge in [0, 0.05) is 32.6 Å². The highest BCUT2D eigenvalue weighted by molar-refractivity contribution is 5.93. The molecule has 3 aromatic rings. The Morgan fingerprint density at radius 2 is 2.11 bits per heavy atom. The Morgan fingerprint density at radius 1 is 1.26 bits per heavy atom. The van der Waals surface area contributed by atoms with Crippen molar-refractivity contribution >= 4 is 5.91 Å². The lowest BCUT2D eigenvalue weighted by molar-refractivity contribution is 0.0856. The van der Waals surface area contributed by atoms with E-state index >= 15 is 0 Å². The largest absolute Gasteiger partial charge is 0.473 e. The van der Waals surface area contributed by atoms with E-state index in [0.717, 1.165) is 0 Å². The molecule has 1 amide bonds. The van der Waals surface area contributed by atoms with Crippen LogP contribution in [0.4, 0.5) is 0 Å². The fourth-order valence-electron chi connectivity index (χ4n) is 2.33. The molecule has 9 heteroatoms. The number of amides is 1. The van der Waals surface area contributed by atoms with Crippen molar-refractivity contribution in [3.8, 4) is 17.3 Å². The van der Waals surface area contributed by atoms with Gasteiger partial charge >= 0.3 is 0 Å². The minimum Gasteiger partial charge on any atom is -0.473 e. The third-order valence-electron chi connectivity index (χ3n) is 3.61. The van der Waals surface area contributed by atoms with Crippen LogP contribution in [-0.4, -0.2) is 45.2 Å². The van der Waals surface area contributed by atoms with Crippen molar-refractivity contribution in [3.63, 3.8) is 0 Å². The fourth-order valence-corrected chi connectivity index (χ4v) is 2.33. The molecule has 140 valence electrons. The van der Waals surface area contributed by atoms with Gasteiger partial charge in [0.1, 0.15) is 18.9 Å². The monoisotopic (exact) mass is 369 g/mol. The Labute approximate surface area is 155 Å². The van der Waals surface area contributed by atoms with Gasteiger partial charge in [0.15, 0.2) is 5.76 Å². The Hall–Kier alpha value is -3.30. The standard InChI is InChI=1S/C18H19N5O4/c1-23(2)21-18(25)12-6-7-16(20-9-12)26-11-13-15(10-24)27-22-17(13)14-5-3-4-8-19-14/h3-9,24H,10-11H2,1-2H3,(H,21,25). The molecule has 0 aliphatic rings. The smallest absolute Gasteiger partial charge is 0.267 e. The van der Waals surface area contributed by atoms with E-state index in [4.69, 9.17) is 9.26 Å². The summed E-state index contributed by atoms with van der Waals surface area (Å²) >= 11 is 0. The van der Waals surface area contributed by atoms with Crippen LogP contribution in [0.15, 0.2) is 47.2 Å². The molecule has 27 heavy (non-hydrogen) atoms. The predicted octanol–water partition coefficient (Wildman–Crippen LogP) is 1.41. The minimum absolute atomic E-state index is 0.0849. The number of nitrogens with zero attached hydrogens (tertiary/aromatic N) is 4. The number of nitrogens with one attached hydrogen (secondary N) is 1. The topological polar surface area (TPSA) is 114 Å². The van der Waals surface area contributed by atoms with E-state index in [-0.39, 0.29) is 19.1 Å². The normalized spacial score (nSPS) is 10.8. The van der Waals surface area contributed by atoms with Gasteiger partial charge in [0.05, 0.1) is 16.8 Å². The summed E-state index contributed by atoms with van der Waals surface area (Å²) in [7, 11) is 3.44. The predicted molar refractivity (Wildman–Crippen MR) is 95.4 cm³/mol. The van der Waals surface area contributed by atoms with E-state index in [1.54, 1.807) is 49.6 Å². The number of aromatic nitrogens is 3. The third kappa shape index (κ3) is 4.46. The minimum atomic E-state index is -0.310. The van der Waals surface area contributed by atoms with Crippen LogP contribution in [0.25, 0.3) is 11.4 Å². The zero-order valence-electron chi connectivity index (χ0n) is 14.9. The van der Waals surface area contributed by atoms with Gasteiger partial charge < -0.3 is 14.4 Å². The number of hydrogen-bond donors (Lipinski definition) is 2. The molecule has 0 aromatic carbocycles. The molecule has 3 heterocycles. The van der Waals surface area contributed by atoms with E-state index < -0.39 is 0 Å². The molecule has 9 nitrogen and oxygen atoms in total. The number of ether oxygens (including phenoxy) is 1. The van der Waals surface area contributed by atoms with Gasteiger partial charge in [-0.05, 0) is 18.2 Å². The van der Waals surface area contributed by atoms with Gasteiger partial charge in [-0.1, -0.05) is 11.2 Å². The van der Waals surface area contributed by atoms with Crippen molar-refractivity contribution in [2.45, 2.75) is 13.2 Å². The second-order valence-corrected chi connectivity index (χ2v) is 5.82. The molecule has 0 saturated heterocycles. The number of carbonyl (C=O) groups is 1. The molecule has 0 fully saturated rings. The first-order chi connectivity index (χ1) is 13.1. The zero-order valence-corrected chi connectivity index (χ0v) is 14.9. The Bertz CT molecular complexity index is 894.